The molecule has 10 heteroatoms. The third-order valence-corrected chi connectivity index (χ3v) is 8.16. The maximum Gasteiger partial charge on any atom is 0.420 e. The molecule has 0 bridgehead atoms. The van der Waals surface area contributed by atoms with Crippen molar-refractivity contribution in [3.63, 3.8) is 0 Å². The molecule has 0 aliphatic carbocycles. The number of sulfonamides is 1. The van der Waals surface area contributed by atoms with Crippen LogP contribution in [0, 0.1) is 17.2 Å². The molecule has 0 fully saturated rings. The Hall–Kier alpha value is -3.16. The van der Waals surface area contributed by atoms with Gasteiger partial charge in [0.1, 0.15) is 10.0 Å². The number of rotatable bonds is 8. The van der Waals surface area contributed by atoms with Gasteiger partial charge in [-0.3, -0.25) is 0 Å². The van der Waals surface area contributed by atoms with E-state index in [1.165, 1.54) is 0 Å². The Labute approximate surface area is 204 Å². The summed E-state index contributed by atoms with van der Waals surface area (Å²) in [6, 6.07) is 9.39. The van der Waals surface area contributed by atoms with Crippen LogP contribution in [0.1, 0.15) is 55.4 Å². The molecule has 8 nitrogen and oxygen atoms in total. The van der Waals surface area contributed by atoms with Gasteiger partial charge in [-0.25, -0.2) is 22.9 Å². The number of hydrogen-bond acceptors (Lipinski definition) is 7. The third-order valence-electron chi connectivity index (χ3n) is 5.15. The molecule has 0 saturated carbocycles. The zero-order chi connectivity index (χ0) is 25.0. The number of nitriles is 1. The Morgan fingerprint density at radius 3 is 2.62 bits per heavy atom. The van der Waals surface area contributed by atoms with E-state index < -0.39 is 16.1 Å². The summed E-state index contributed by atoms with van der Waals surface area (Å²) >= 11 is 1.12. The van der Waals surface area contributed by atoms with Gasteiger partial charge < -0.3 is 9.30 Å². The van der Waals surface area contributed by atoms with Crippen LogP contribution in [0.2, 0.25) is 0 Å². The molecular formula is C24H28N4O4S2. The van der Waals surface area contributed by atoms with Crippen LogP contribution in [0.4, 0.5) is 4.79 Å². The van der Waals surface area contributed by atoms with E-state index in [9.17, 15) is 18.5 Å². The molecule has 1 aromatic carbocycles. The summed E-state index contributed by atoms with van der Waals surface area (Å²) in [6.07, 6.45) is 3.25. The van der Waals surface area contributed by atoms with E-state index in [1.807, 2.05) is 41.5 Å². The van der Waals surface area contributed by atoms with Crippen LogP contribution in [0.5, 0.6) is 0 Å². The van der Waals surface area contributed by atoms with Crippen LogP contribution in [0.25, 0.3) is 11.1 Å². The highest BCUT2D eigenvalue weighted by atomic mass is 32.2. The first-order valence-corrected chi connectivity index (χ1v) is 13.1. The number of benzene rings is 1. The molecule has 3 rings (SSSR count). The number of hydrogen-bond donors (Lipinski definition) is 1. The number of carbonyl (C=O) groups excluding carboxylic acids is 1. The topological polar surface area (TPSA) is 114 Å². The molecule has 0 aliphatic heterocycles. The quantitative estimate of drug-likeness (QED) is 0.471. The molecule has 2 aromatic heterocycles. The van der Waals surface area contributed by atoms with Gasteiger partial charge in [-0.05, 0) is 35.6 Å². The van der Waals surface area contributed by atoms with Crippen molar-refractivity contribution in [2.75, 3.05) is 7.11 Å². The Morgan fingerprint density at radius 1 is 1.26 bits per heavy atom. The molecule has 34 heavy (non-hydrogen) atoms. The summed E-state index contributed by atoms with van der Waals surface area (Å²) in [7, 11) is -3.05. The second-order valence-corrected chi connectivity index (χ2v) is 11.7. The van der Waals surface area contributed by atoms with E-state index in [1.54, 1.807) is 18.3 Å². The lowest BCUT2D eigenvalue weighted by Crippen LogP contribution is -2.30. The Balaban J connectivity index is 2.06. The molecule has 180 valence electrons. The first-order valence-electron chi connectivity index (χ1n) is 10.8. The first-order chi connectivity index (χ1) is 16.1. The van der Waals surface area contributed by atoms with Gasteiger partial charge in [0.15, 0.2) is 0 Å². The van der Waals surface area contributed by atoms with Crippen molar-refractivity contribution in [1.82, 2.24) is 14.3 Å². The highest BCUT2D eigenvalue weighted by molar-refractivity contribution is 7.92. The lowest BCUT2D eigenvalue weighted by Gasteiger charge is -2.13. The Morgan fingerprint density at radius 2 is 2.00 bits per heavy atom. The fourth-order valence-electron chi connectivity index (χ4n) is 3.65. The van der Waals surface area contributed by atoms with Gasteiger partial charge in [-0.2, -0.15) is 5.26 Å². The lowest BCUT2D eigenvalue weighted by molar-refractivity contribution is 0.177. The summed E-state index contributed by atoms with van der Waals surface area (Å²) in [5.41, 5.74) is 2.29. The second-order valence-electron chi connectivity index (χ2n) is 8.66. The number of amides is 1. The number of imidazole rings is 1. The fourth-order valence-corrected chi connectivity index (χ4v) is 6.51. The Bertz CT molecular complexity index is 1330. The van der Waals surface area contributed by atoms with Gasteiger partial charge in [0, 0.05) is 28.8 Å². The summed E-state index contributed by atoms with van der Waals surface area (Å²) in [5.74, 6) is 1.48. The number of methoxy groups -OCH3 is 1. The van der Waals surface area contributed by atoms with Crippen molar-refractivity contribution in [1.29, 1.82) is 5.26 Å². The molecule has 3 aromatic rings. The molecule has 1 amide bonds. The smallest absolute Gasteiger partial charge is 0.420 e. The summed E-state index contributed by atoms with van der Waals surface area (Å²) < 4.78 is 34.3. The van der Waals surface area contributed by atoms with Crippen molar-refractivity contribution in [2.45, 2.75) is 50.8 Å². The fraction of sp³-hybridized carbons (Fsp3) is 0.375. The van der Waals surface area contributed by atoms with Crippen molar-refractivity contribution in [3.05, 3.63) is 58.5 Å². The van der Waals surface area contributed by atoms with Crippen molar-refractivity contribution < 1.29 is 17.9 Å². The van der Waals surface area contributed by atoms with Crippen LogP contribution in [0.15, 0.2) is 40.9 Å². The van der Waals surface area contributed by atoms with E-state index in [0.29, 0.717) is 35.6 Å². The Kier molecular flexibility index (Phi) is 7.79. The molecule has 0 atom stereocenters. The summed E-state index contributed by atoms with van der Waals surface area (Å²) in [5, 5.41) is 9.84. The van der Waals surface area contributed by atoms with Gasteiger partial charge in [0.05, 0.1) is 25.3 Å². The van der Waals surface area contributed by atoms with Gasteiger partial charge in [-0.1, -0.05) is 39.8 Å². The van der Waals surface area contributed by atoms with Crippen LogP contribution in [0.3, 0.4) is 0 Å². The van der Waals surface area contributed by atoms with E-state index in [-0.39, 0.29) is 10.1 Å². The van der Waals surface area contributed by atoms with Crippen molar-refractivity contribution in [2.24, 2.45) is 5.92 Å². The number of carbonyl (C=O) groups is 1. The minimum Gasteiger partial charge on any atom is -0.452 e. The van der Waals surface area contributed by atoms with Crippen LogP contribution < -0.4 is 4.72 Å². The number of nitrogens with zero attached hydrogens (tertiary/aromatic N) is 3. The van der Waals surface area contributed by atoms with Crippen LogP contribution >= 0.6 is 11.3 Å². The number of aromatic nitrogens is 2. The maximum absolute atomic E-state index is 13.0. The zero-order valence-electron chi connectivity index (χ0n) is 19.8. The van der Waals surface area contributed by atoms with Crippen LogP contribution in [-0.4, -0.2) is 31.2 Å². The van der Waals surface area contributed by atoms with Gasteiger partial charge in [0.2, 0.25) is 0 Å². The number of ether oxygens (including phenoxy) is 1. The highest BCUT2D eigenvalue weighted by Gasteiger charge is 2.26. The average molecular weight is 501 g/mol. The molecule has 0 unspecified atom stereocenters. The summed E-state index contributed by atoms with van der Waals surface area (Å²) in [4.78, 5) is 16.9. The second kappa shape index (κ2) is 10.4. The van der Waals surface area contributed by atoms with Crippen molar-refractivity contribution in [3.8, 4) is 17.2 Å². The molecule has 2 heterocycles. The molecule has 0 saturated heterocycles. The van der Waals surface area contributed by atoms with E-state index >= 15 is 0 Å². The largest absolute Gasteiger partial charge is 0.452 e. The number of thiophene rings is 1. The molecular weight excluding hydrogens is 472 g/mol. The third kappa shape index (κ3) is 5.66. The maximum atomic E-state index is 13.0. The average Bonchev–Trinajstić information content (AvgIpc) is 3.41. The van der Waals surface area contributed by atoms with Crippen LogP contribution in [-0.2, 0) is 27.7 Å². The minimum absolute atomic E-state index is 0.0156. The molecule has 0 aliphatic rings. The minimum atomic E-state index is -4.15. The molecule has 0 radical (unpaired) electrons. The predicted molar refractivity (Wildman–Crippen MR) is 131 cm³/mol. The van der Waals surface area contributed by atoms with Gasteiger partial charge in [0.25, 0.3) is 10.0 Å². The normalized spacial score (nSPS) is 11.6. The summed E-state index contributed by atoms with van der Waals surface area (Å²) in [6.45, 7) is 8.69. The lowest BCUT2D eigenvalue weighted by atomic mass is 10.00. The highest BCUT2D eigenvalue weighted by Crippen LogP contribution is 2.37. The standard InChI is InChI=1S/C24H28N4O4S2/c1-15(2)10-20-12-21(23(33-20)34(30,31)27-24(29)32-5)17-6-7-18(19(11-17)13-25)14-28-9-8-26-22(28)16(3)4/h6-9,11-12,15-16H,10,14H2,1-5H3,(H,27,29). The SMILES string of the molecule is COC(=O)NS(=O)(=O)c1sc(CC(C)C)cc1-c1ccc(Cn2ccnc2C(C)C)c(C#N)c1. The number of nitrogens with one attached hydrogen (secondary N) is 1. The van der Waals surface area contributed by atoms with E-state index in [0.717, 1.165) is 34.7 Å². The van der Waals surface area contributed by atoms with Gasteiger partial charge >= 0.3 is 6.09 Å². The molecule has 1 N–H and O–H groups in total. The monoisotopic (exact) mass is 500 g/mol. The van der Waals surface area contributed by atoms with Gasteiger partial charge in [-0.15, -0.1) is 11.3 Å². The zero-order valence-corrected chi connectivity index (χ0v) is 21.5. The van der Waals surface area contributed by atoms with E-state index in [2.05, 4.69) is 29.6 Å². The first kappa shape index (κ1) is 25.5. The van der Waals surface area contributed by atoms with Crippen molar-refractivity contribution >= 4 is 27.5 Å². The molecule has 0 spiro atoms. The predicted octanol–water partition coefficient (Wildman–Crippen LogP) is 4.90. The van der Waals surface area contributed by atoms with E-state index in [4.69, 9.17) is 0 Å².